The van der Waals surface area contributed by atoms with E-state index in [2.05, 4.69) is 30.3 Å². The molecule has 0 fully saturated rings. The Balaban J connectivity index is 1.99. The van der Waals surface area contributed by atoms with Crippen LogP contribution < -0.4 is 5.73 Å². The molecule has 0 bridgehead atoms. The Morgan fingerprint density at radius 2 is 1.94 bits per heavy atom. The third kappa shape index (κ3) is 1.69. The van der Waals surface area contributed by atoms with Gasteiger partial charge in [0.1, 0.15) is 11.4 Å². The smallest absolute Gasteiger partial charge is 0.263 e. The Labute approximate surface area is 101 Å². The van der Waals surface area contributed by atoms with Gasteiger partial charge in [0.2, 0.25) is 11.6 Å². The molecule has 8 heteroatoms. The Morgan fingerprint density at radius 3 is 2.61 bits per heavy atom. The molecular formula is C10H9N7O. The molecule has 0 saturated carbocycles. The monoisotopic (exact) mass is 243 g/mol. The lowest BCUT2D eigenvalue weighted by atomic mass is 10.3. The van der Waals surface area contributed by atoms with Crippen molar-refractivity contribution in [1.29, 1.82) is 0 Å². The molecule has 3 aromatic rings. The van der Waals surface area contributed by atoms with E-state index in [1.807, 2.05) is 6.92 Å². The molecule has 0 radical (unpaired) electrons. The summed E-state index contributed by atoms with van der Waals surface area (Å²) in [6, 6.07) is 0. The van der Waals surface area contributed by atoms with Crippen molar-refractivity contribution in [2.24, 2.45) is 0 Å². The zero-order valence-corrected chi connectivity index (χ0v) is 9.45. The Bertz CT molecular complexity index is 670. The molecule has 3 heterocycles. The number of nitrogens with two attached hydrogens (primary N) is 1. The van der Waals surface area contributed by atoms with Gasteiger partial charge in [0.15, 0.2) is 0 Å². The second-order valence-electron chi connectivity index (χ2n) is 3.70. The van der Waals surface area contributed by atoms with Gasteiger partial charge >= 0.3 is 0 Å². The summed E-state index contributed by atoms with van der Waals surface area (Å²) in [5.74, 6) is 1.36. The molecule has 90 valence electrons. The summed E-state index contributed by atoms with van der Waals surface area (Å²) in [6.07, 6.45) is 4.89. The molecular weight excluding hydrogens is 234 g/mol. The quantitative estimate of drug-likeness (QED) is 0.683. The molecule has 0 amide bonds. The molecule has 3 N–H and O–H groups in total. The summed E-state index contributed by atoms with van der Waals surface area (Å²) in [6.45, 7) is 1.90. The van der Waals surface area contributed by atoms with E-state index >= 15 is 0 Å². The zero-order valence-electron chi connectivity index (χ0n) is 9.45. The number of nitrogens with one attached hydrogen (secondary N) is 1. The minimum absolute atomic E-state index is 0.278. The fourth-order valence-electron chi connectivity index (χ4n) is 1.40. The summed E-state index contributed by atoms with van der Waals surface area (Å²) in [7, 11) is 0. The average Bonchev–Trinajstić information content (AvgIpc) is 2.98. The van der Waals surface area contributed by atoms with Gasteiger partial charge in [-0.1, -0.05) is 5.16 Å². The number of rotatable bonds is 2. The van der Waals surface area contributed by atoms with E-state index in [-0.39, 0.29) is 5.89 Å². The van der Waals surface area contributed by atoms with Crippen LogP contribution in [0.4, 0.5) is 5.82 Å². The first-order valence-electron chi connectivity index (χ1n) is 5.16. The minimum atomic E-state index is 0.278. The summed E-state index contributed by atoms with van der Waals surface area (Å²) >= 11 is 0. The van der Waals surface area contributed by atoms with Crippen molar-refractivity contribution in [3.63, 3.8) is 0 Å². The third-order valence-corrected chi connectivity index (χ3v) is 2.31. The van der Waals surface area contributed by atoms with Crippen LogP contribution in [0.15, 0.2) is 23.1 Å². The first-order chi connectivity index (χ1) is 8.74. The van der Waals surface area contributed by atoms with Crippen molar-refractivity contribution >= 4 is 5.82 Å². The van der Waals surface area contributed by atoms with Crippen LogP contribution in [0.25, 0.3) is 23.1 Å². The lowest BCUT2D eigenvalue weighted by Crippen LogP contribution is -1.91. The lowest BCUT2D eigenvalue weighted by Gasteiger charge is -1.92. The maximum absolute atomic E-state index is 5.66. The SMILES string of the molecule is Cc1cnc(-c2noc(-c3cn[nH]c3N)n2)nc1. The van der Waals surface area contributed by atoms with Gasteiger partial charge in [0, 0.05) is 12.4 Å². The van der Waals surface area contributed by atoms with Crippen LogP contribution in [0.2, 0.25) is 0 Å². The van der Waals surface area contributed by atoms with Gasteiger partial charge in [0.25, 0.3) is 5.89 Å². The normalized spacial score (nSPS) is 10.7. The van der Waals surface area contributed by atoms with Crippen LogP contribution in [0.3, 0.4) is 0 Å². The van der Waals surface area contributed by atoms with Gasteiger partial charge in [-0.15, -0.1) is 0 Å². The molecule has 8 nitrogen and oxygen atoms in total. The van der Waals surface area contributed by atoms with E-state index in [9.17, 15) is 0 Å². The Hall–Kier alpha value is -2.77. The lowest BCUT2D eigenvalue weighted by molar-refractivity contribution is 0.432. The maximum Gasteiger partial charge on any atom is 0.263 e. The summed E-state index contributed by atoms with van der Waals surface area (Å²) in [4.78, 5) is 12.4. The van der Waals surface area contributed by atoms with Gasteiger partial charge in [-0.05, 0) is 12.5 Å². The molecule has 0 aromatic carbocycles. The van der Waals surface area contributed by atoms with Gasteiger partial charge in [-0.2, -0.15) is 10.1 Å². The highest BCUT2D eigenvalue weighted by Crippen LogP contribution is 2.23. The van der Waals surface area contributed by atoms with Crippen LogP contribution in [0.5, 0.6) is 0 Å². The second kappa shape index (κ2) is 3.91. The largest absolute Gasteiger partial charge is 0.383 e. The Kier molecular flexibility index (Phi) is 2.26. The van der Waals surface area contributed by atoms with E-state index in [0.29, 0.717) is 23.0 Å². The minimum Gasteiger partial charge on any atom is -0.383 e. The molecule has 0 atom stereocenters. The highest BCUT2D eigenvalue weighted by molar-refractivity contribution is 5.66. The first kappa shape index (κ1) is 10.4. The van der Waals surface area contributed by atoms with Gasteiger partial charge in [0.05, 0.1) is 6.20 Å². The van der Waals surface area contributed by atoms with E-state index in [1.54, 1.807) is 12.4 Å². The topological polar surface area (TPSA) is 119 Å². The van der Waals surface area contributed by atoms with Gasteiger partial charge in [-0.25, -0.2) is 9.97 Å². The molecule has 18 heavy (non-hydrogen) atoms. The highest BCUT2D eigenvalue weighted by atomic mass is 16.5. The number of aryl methyl sites for hydroxylation is 1. The van der Waals surface area contributed by atoms with Gasteiger partial charge in [-0.3, -0.25) is 5.10 Å². The molecule has 0 spiro atoms. The Morgan fingerprint density at radius 1 is 1.17 bits per heavy atom. The number of H-pyrrole nitrogens is 1. The van der Waals surface area contributed by atoms with Crippen molar-refractivity contribution in [3.05, 3.63) is 24.2 Å². The number of anilines is 1. The standard InChI is InChI=1S/C10H9N7O/c1-5-2-12-8(13-3-5)9-15-10(18-17-9)6-4-14-16-7(6)11/h2-4H,1H3,(H3,11,14,16). The summed E-state index contributed by atoms with van der Waals surface area (Å²) in [5.41, 5.74) is 7.18. The molecule has 0 saturated heterocycles. The van der Waals surface area contributed by atoms with Gasteiger partial charge < -0.3 is 10.3 Å². The fraction of sp³-hybridized carbons (Fsp3) is 0.100. The average molecular weight is 243 g/mol. The van der Waals surface area contributed by atoms with Crippen LogP contribution in [-0.2, 0) is 0 Å². The van der Waals surface area contributed by atoms with Crippen LogP contribution in [0.1, 0.15) is 5.56 Å². The number of hydrogen-bond acceptors (Lipinski definition) is 7. The molecule has 0 aliphatic heterocycles. The predicted octanol–water partition coefficient (Wildman–Crippen LogP) is 0.807. The predicted molar refractivity (Wildman–Crippen MR) is 62.1 cm³/mol. The van der Waals surface area contributed by atoms with Crippen molar-refractivity contribution in [2.75, 3.05) is 5.73 Å². The van der Waals surface area contributed by atoms with E-state index in [0.717, 1.165) is 5.56 Å². The number of aromatic nitrogens is 6. The highest BCUT2D eigenvalue weighted by Gasteiger charge is 2.15. The first-order valence-corrected chi connectivity index (χ1v) is 5.16. The zero-order chi connectivity index (χ0) is 12.5. The van der Waals surface area contributed by atoms with Crippen molar-refractivity contribution < 1.29 is 4.52 Å². The summed E-state index contributed by atoms with van der Waals surface area (Å²) in [5, 5.41) is 10.2. The van der Waals surface area contributed by atoms with Crippen LogP contribution in [0, 0.1) is 6.92 Å². The van der Waals surface area contributed by atoms with E-state index in [1.165, 1.54) is 6.20 Å². The maximum atomic E-state index is 5.66. The van der Waals surface area contributed by atoms with Crippen molar-refractivity contribution in [3.8, 4) is 23.1 Å². The van der Waals surface area contributed by atoms with Crippen LogP contribution >= 0.6 is 0 Å². The second-order valence-corrected chi connectivity index (χ2v) is 3.70. The van der Waals surface area contributed by atoms with E-state index < -0.39 is 0 Å². The molecule has 3 aromatic heterocycles. The summed E-state index contributed by atoms with van der Waals surface area (Å²) < 4.78 is 5.09. The number of aromatic amines is 1. The molecule has 0 aliphatic rings. The third-order valence-electron chi connectivity index (χ3n) is 2.31. The van der Waals surface area contributed by atoms with Crippen LogP contribution in [-0.4, -0.2) is 30.3 Å². The number of nitrogens with zero attached hydrogens (tertiary/aromatic N) is 5. The number of hydrogen-bond donors (Lipinski definition) is 2. The molecule has 0 aliphatic carbocycles. The molecule has 3 rings (SSSR count). The number of nitrogen functional groups attached to an aromatic ring is 1. The van der Waals surface area contributed by atoms with Crippen molar-refractivity contribution in [2.45, 2.75) is 6.92 Å². The molecule has 0 unspecified atom stereocenters. The fourth-order valence-corrected chi connectivity index (χ4v) is 1.40. The van der Waals surface area contributed by atoms with Crippen molar-refractivity contribution in [1.82, 2.24) is 30.3 Å². The van der Waals surface area contributed by atoms with E-state index in [4.69, 9.17) is 10.3 Å².